The van der Waals surface area contributed by atoms with Crippen molar-refractivity contribution in [2.75, 3.05) is 6.61 Å². The molecule has 0 amide bonds. The van der Waals surface area contributed by atoms with E-state index in [1.807, 2.05) is 33.8 Å². The van der Waals surface area contributed by atoms with E-state index in [0.717, 1.165) is 22.5 Å². The van der Waals surface area contributed by atoms with Gasteiger partial charge < -0.3 is 18.3 Å². The second-order valence-corrected chi connectivity index (χ2v) is 6.58. The first-order valence-electron chi connectivity index (χ1n) is 8.28. The highest BCUT2D eigenvalue weighted by Crippen LogP contribution is 2.27. The van der Waals surface area contributed by atoms with Gasteiger partial charge in [0.05, 0.1) is 5.56 Å². The number of rotatable bonds is 6. The fourth-order valence-corrected chi connectivity index (χ4v) is 3.03. The Morgan fingerprint density at radius 2 is 1.78 bits per heavy atom. The zero-order valence-electron chi connectivity index (χ0n) is 15.5. The summed E-state index contributed by atoms with van der Waals surface area (Å²) in [5.41, 5.74) is 2.41. The van der Waals surface area contributed by atoms with Crippen molar-refractivity contribution in [3.63, 3.8) is 0 Å². The summed E-state index contributed by atoms with van der Waals surface area (Å²) in [6.45, 7) is 7.00. The summed E-state index contributed by atoms with van der Waals surface area (Å²) in [6.07, 6.45) is 0. The van der Waals surface area contributed by atoms with Crippen molar-refractivity contribution in [2.45, 2.75) is 34.3 Å². The molecule has 0 saturated heterocycles. The van der Waals surface area contributed by atoms with Crippen LogP contribution in [-0.4, -0.2) is 22.8 Å². The number of benzene rings is 1. The summed E-state index contributed by atoms with van der Waals surface area (Å²) < 4.78 is 21.6. The number of ether oxygens (including phenoxy) is 2. The third-order valence-corrected chi connectivity index (χ3v) is 4.07. The van der Waals surface area contributed by atoms with E-state index in [2.05, 4.69) is 10.2 Å². The van der Waals surface area contributed by atoms with E-state index in [4.69, 9.17) is 29.9 Å². The summed E-state index contributed by atoms with van der Waals surface area (Å²) in [7, 11) is 0. The lowest BCUT2D eigenvalue weighted by molar-refractivity contribution is -0.148. The summed E-state index contributed by atoms with van der Waals surface area (Å²) in [6, 6.07) is 5.35. The van der Waals surface area contributed by atoms with Gasteiger partial charge in [0.2, 0.25) is 0 Å². The van der Waals surface area contributed by atoms with E-state index in [1.165, 1.54) is 0 Å². The van der Waals surface area contributed by atoms with Gasteiger partial charge in [-0.25, -0.2) is 4.79 Å². The minimum absolute atomic E-state index is 0.135. The van der Waals surface area contributed by atoms with Gasteiger partial charge in [0.1, 0.15) is 17.3 Å². The molecule has 8 heteroatoms. The average Bonchev–Trinajstić information content (AvgIpc) is 3.17. The maximum atomic E-state index is 11.9. The quantitative estimate of drug-likeness (QED) is 0.578. The third kappa shape index (κ3) is 4.49. The zero-order chi connectivity index (χ0) is 19.6. The molecule has 1 aromatic carbocycles. The highest BCUT2D eigenvalue weighted by Gasteiger charge is 2.16. The van der Waals surface area contributed by atoms with Crippen molar-refractivity contribution in [3.8, 4) is 17.2 Å². The molecule has 0 radical (unpaired) electrons. The van der Waals surface area contributed by atoms with Crippen LogP contribution in [0, 0.1) is 27.7 Å². The third-order valence-electron chi connectivity index (χ3n) is 3.85. The maximum absolute atomic E-state index is 11.9. The fourth-order valence-electron chi connectivity index (χ4n) is 2.70. The standard InChI is InChI=1S/C19H19ClN2O5/c1-10-5-14(20)6-11(2)18(10)25-9-17(23)24-8-16-21-22-19(27-16)15-7-12(3)26-13(15)4/h5-7H,8-9H2,1-4H3. The summed E-state index contributed by atoms with van der Waals surface area (Å²) in [4.78, 5) is 11.9. The van der Waals surface area contributed by atoms with Crippen LogP contribution in [0.25, 0.3) is 11.5 Å². The first-order chi connectivity index (χ1) is 12.8. The van der Waals surface area contributed by atoms with Crippen LogP contribution in [0.4, 0.5) is 0 Å². The van der Waals surface area contributed by atoms with Crippen LogP contribution in [0.2, 0.25) is 5.02 Å². The highest BCUT2D eigenvalue weighted by atomic mass is 35.5. The lowest BCUT2D eigenvalue weighted by Crippen LogP contribution is -2.15. The number of hydrogen-bond donors (Lipinski definition) is 0. The molecule has 0 unspecified atom stereocenters. The summed E-state index contributed by atoms with van der Waals surface area (Å²) in [5.74, 6) is 2.01. The molecular weight excluding hydrogens is 372 g/mol. The Labute approximate surface area is 161 Å². The van der Waals surface area contributed by atoms with Crippen molar-refractivity contribution in [2.24, 2.45) is 0 Å². The van der Waals surface area contributed by atoms with E-state index in [9.17, 15) is 4.79 Å². The topological polar surface area (TPSA) is 87.6 Å². The number of carbonyl (C=O) groups excluding carboxylic acids is 1. The van der Waals surface area contributed by atoms with Gasteiger partial charge in [-0.2, -0.15) is 0 Å². The fraction of sp³-hybridized carbons (Fsp3) is 0.316. The van der Waals surface area contributed by atoms with Crippen LogP contribution in [-0.2, 0) is 16.1 Å². The van der Waals surface area contributed by atoms with Crippen LogP contribution in [0.5, 0.6) is 5.75 Å². The minimum atomic E-state index is -0.543. The van der Waals surface area contributed by atoms with Gasteiger partial charge in [0, 0.05) is 5.02 Å². The van der Waals surface area contributed by atoms with Gasteiger partial charge in [-0.15, -0.1) is 10.2 Å². The van der Waals surface area contributed by atoms with Crippen LogP contribution >= 0.6 is 11.6 Å². The molecule has 0 aliphatic rings. The van der Waals surface area contributed by atoms with Crippen molar-refractivity contribution in [3.05, 3.63) is 51.8 Å². The Hall–Kier alpha value is -2.80. The lowest BCUT2D eigenvalue weighted by atomic mass is 10.1. The zero-order valence-corrected chi connectivity index (χ0v) is 16.2. The number of carbonyl (C=O) groups is 1. The molecule has 2 heterocycles. The molecule has 0 N–H and O–H groups in total. The predicted octanol–water partition coefficient (Wildman–Crippen LogP) is 4.34. The number of hydrogen-bond acceptors (Lipinski definition) is 7. The monoisotopic (exact) mass is 390 g/mol. The molecule has 0 spiro atoms. The minimum Gasteiger partial charge on any atom is -0.481 e. The van der Waals surface area contributed by atoms with Gasteiger partial charge in [0.25, 0.3) is 11.8 Å². The first-order valence-corrected chi connectivity index (χ1v) is 8.66. The number of aryl methyl sites for hydroxylation is 4. The van der Waals surface area contributed by atoms with Gasteiger partial charge >= 0.3 is 5.97 Å². The van der Waals surface area contributed by atoms with E-state index in [-0.39, 0.29) is 19.1 Å². The van der Waals surface area contributed by atoms with Crippen LogP contribution in [0.3, 0.4) is 0 Å². The number of nitrogens with zero attached hydrogens (tertiary/aromatic N) is 2. The molecule has 2 aromatic heterocycles. The van der Waals surface area contributed by atoms with Crippen molar-refractivity contribution in [1.29, 1.82) is 0 Å². The number of esters is 1. The lowest BCUT2D eigenvalue weighted by Gasteiger charge is -2.11. The van der Waals surface area contributed by atoms with Crippen molar-refractivity contribution in [1.82, 2.24) is 10.2 Å². The Morgan fingerprint density at radius 3 is 2.41 bits per heavy atom. The Morgan fingerprint density at radius 1 is 1.07 bits per heavy atom. The predicted molar refractivity (Wildman–Crippen MR) is 97.7 cm³/mol. The van der Waals surface area contributed by atoms with E-state index >= 15 is 0 Å². The number of aromatic nitrogens is 2. The van der Waals surface area contributed by atoms with Crippen molar-refractivity contribution < 1.29 is 23.1 Å². The molecule has 0 fully saturated rings. The largest absolute Gasteiger partial charge is 0.481 e. The Balaban J connectivity index is 1.55. The Kier molecular flexibility index (Phi) is 5.51. The van der Waals surface area contributed by atoms with Crippen LogP contribution in [0.15, 0.2) is 27.0 Å². The van der Waals surface area contributed by atoms with Gasteiger partial charge in [0.15, 0.2) is 13.2 Å². The molecule has 0 aliphatic heterocycles. The van der Waals surface area contributed by atoms with Crippen molar-refractivity contribution >= 4 is 17.6 Å². The van der Waals surface area contributed by atoms with Crippen LogP contribution in [0.1, 0.15) is 28.5 Å². The molecule has 0 bridgehead atoms. The molecule has 7 nitrogen and oxygen atoms in total. The normalized spacial score (nSPS) is 10.9. The highest BCUT2D eigenvalue weighted by molar-refractivity contribution is 6.30. The van der Waals surface area contributed by atoms with Gasteiger partial charge in [-0.05, 0) is 57.0 Å². The molecule has 0 aliphatic carbocycles. The van der Waals surface area contributed by atoms with E-state index in [1.54, 1.807) is 12.1 Å². The van der Waals surface area contributed by atoms with E-state index in [0.29, 0.717) is 22.4 Å². The molecule has 142 valence electrons. The molecule has 3 aromatic rings. The van der Waals surface area contributed by atoms with Gasteiger partial charge in [-0.3, -0.25) is 0 Å². The van der Waals surface area contributed by atoms with Gasteiger partial charge in [-0.1, -0.05) is 11.6 Å². The SMILES string of the molecule is Cc1cc(-c2nnc(COC(=O)COc3c(C)cc(Cl)cc3C)o2)c(C)o1. The molecule has 0 atom stereocenters. The number of halogens is 1. The molecule has 3 rings (SSSR count). The first kappa shape index (κ1) is 19.0. The summed E-state index contributed by atoms with van der Waals surface area (Å²) in [5, 5.41) is 8.45. The molecule has 0 saturated carbocycles. The maximum Gasteiger partial charge on any atom is 0.344 e. The Bertz CT molecular complexity index is 953. The van der Waals surface area contributed by atoms with E-state index < -0.39 is 5.97 Å². The van der Waals surface area contributed by atoms with Crippen LogP contribution < -0.4 is 4.74 Å². The molecular formula is C19H19ClN2O5. The second-order valence-electron chi connectivity index (χ2n) is 6.15. The second kappa shape index (κ2) is 7.84. The smallest absolute Gasteiger partial charge is 0.344 e. The molecule has 27 heavy (non-hydrogen) atoms. The number of furan rings is 1. The summed E-state index contributed by atoms with van der Waals surface area (Å²) >= 11 is 5.98. The average molecular weight is 391 g/mol.